The molecule has 0 aliphatic carbocycles. The maximum atomic E-state index is 11.9. The number of nitrogens with one attached hydrogen (secondary N) is 1. The second-order valence-corrected chi connectivity index (χ2v) is 7.53. The summed E-state index contributed by atoms with van der Waals surface area (Å²) in [5.41, 5.74) is 0. The fourth-order valence-corrected chi connectivity index (χ4v) is 4.63. The molecule has 2 saturated heterocycles. The molecule has 2 aliphatic heterocycles. The van der Waals surface area contributed by atoms with Crippen LogP contribution in [0.5, 0.6) is 0 Å². The van der Waals surface area contributed by atoms with Crippen molar-refractivity contribution in [3.05, 3.63) is 0 Å². The maximum absolute atomic E-state index is 11.9. The van der Waals surface area contributed by atoms with Gasteiger partial charge < -0.3 is 5.32 Å². The lowest BCUT2D eigenvalue weighted by Crippen LogP contribution is -2.42. The average Bonchev–Trinajstić information content (AvgIpc) is 2.33. The number of piperidine rings is 1. The zero-order valence-electron chi connectivity index (χ0n) is 10.7. The molecule has 5 heteroatoms. The van der Waals surface area contributed by atoms with Gasteiger partial charge in [-0.1, -0.05) is 6.92 Å². The predicted octanol–water partition coefficient (Wildman–Crippen LogP) is 1.05. The van der Waals surface area contributed by atoms with Gasteiger partial charge in [-0.15, -0.1) is 0 Å². The Hall–Kier alpha value is -0.130. The van der Waals surface area contributed by atoms with Gasteiger partial charge in [-0.25, -0.2) is 12.7 Å². The summed E-state index contributed by atoms with van der Waals surface area (Å²) < 4.78 is 25.6. The Morgan fingerprint density at radius 3 is 2.65 bits per heavy atom. The molecule has 1 N–H and O–H groups in total. The van der Waals surface area contributed by atoms with Gasteiger partial charge in [0.15, 0.2) is 0 Å². The van der Waals surface area contributed by atoms with Crippen molar-refractivity contribution in [2.45, 2.75) is 32.6 Å². The van der Waals surface area contributed by atoms with Crippen LogP contribution in [-0.2, 0) is 10.0 Å². The van der Waals surface area contributed by atoms with E-state index in [0.717, 1.165) is 39.0 Å². The minimum Gasteiger partial charge on any atom is -0.317 e. The summed E-state index contributed by atoms with van der Waals surface area (Å²) in [6.45, 7) is 5.84. The van der Waals surface area contributed by atoms with Gasteiger partial charge in [-0.3, -0.25) is 0 Å². The molecule has 2 aliphatic rings. The molecule has 2 heterocycles. The van der Waals surface area contributed by atoms with Crippen molar-refractivity contribution < 1.29 is 8.42 Å². The summed E-state index contributed by atoms with van der Waals surface area (Å²) in [5, 5.41) is 3.36. The second kappa shape index (κ2) is 5.67. The smallest absolute Gasteiger partial charge is 0.214 e. The summed E-state index contributed by atoms with van der Waals surface area (Å²) in [7, 11) is -2.94. The first-order valence-electron chi connectivity index (χ1n) is 6.78. The quantitative estimate of drug-likeness (QED) is 0.825. The van der Waals surface area contributed by atoms with E-state index < -0.39 is 10.0 Å². The molecule has 2 fully saturated rings. The molecule has 4 nitrogen and oxygen atoms in total. The summed E-state index contributed by atoms with van der Waals surface area (Å²) >= 11 is 0. The van der Waals surface area contributed by atoms with Crippen molar-refractivity contribution in [2.24, 2.45) is 11.8 Å². The molecule has 1 atom stereocenters. The molecule has 1 unspecified atom stereocenters. The van der Waals surface area contributed by atoms with Gasteiger partial charge in [0.05, 0.1) is 5.75 Å². The lowest BCUT2D eigenvalue weighted by atomic mass is 9.86. The van der Waals surface area contributed by atoms with E-state index in [1.165, 1.54) is 12.8 Å². The van der Waals surface area contributed by atoms with Crippen molar-refractivity contribution in [3.63, 3.8) is 0 Å². The normalized spacial score (nSPS) is 29.0. The Kier molecular flexibility index (Phi) is 4.44. The van der Waals surface area contributed by atoms with Gasteiger partial charge in [0, 0.05) is 13.1 Å². The zero-order chi connectivity index (χ0) is 12.3. The van der Waals surface area contributed by atoms with Crippen molar-refractivity contribution in [1.29, 1.82) is 0 Å². The van der Waals surface area contributed by atoms with Crippen molar-refractivity contribution in [3.8, 4) is 0 Å². The van der Waals surface area contributed by atoms with Gasteiger partial charge in [-0.05, 0) is 50.6 Å². The van der Waals surface area contributed by atoms with Crippen LogP contribution in [0.3, 0.4) is 0 Å². The van der Waals surface area contributed by atoms with Gasteiger partial charge in [0.2, 0.25) is 10.0 Å². The molecule has 0 aromatic carbocycles. The molecule has 2 rings (SSSR count). The summed E-state index contributed by atoms with van der Waals surface area (Å²) in [6, 6.07) is 0. The topological polar surface area (TPSA) is 49.4 Å². The molecule has 0 aromatic rings. The van der Waals surface area contributed by atoms with Crippen LogP contribution in [0.1, 0.15) is 32.6 Å². The minimum atomic E-state index is -2.94. The summed E-state index contributed by atoms with van der Waals surface area (Å²) in [5.74, 6) is 1.53. The van der Waals surface area contributed by atoms with Crippen LogP contribution >= 0.6 is 0 Å². The fourth-order valence-electron chi connectivity index (χ4n) is 2.93. The third-order valence-corrected chi connectivity index (χ3v) is 6.06. The fraction of sp³-hybridized carbons (Fsp3) is 1.00. The third-order valence-electron chi connectivity index (χ3n) is 4.13. The van der Waals surface area contributed by atoms with Crippen LogP contribution in [0.25, 0.3) is 0 Å². The number of hydrogen-bond acceptors (Lipinski definition) is 3. The highest BCUT2D eigenvalue weighted by atomic mass is 32.2. The molecule has 0 bridgehead atoms. The molecular formula is C12H24N2O2S. The lowest BCUT2D eigenvalue weighted by Gasteiger charge is -2.33. The number of sulfonamides is 1. The van der Waals surface area contributed by atoms with E-state index in [1.54, 1.807) is 4.31 Å². The van der Waals surface area contributed by atoms with Gasteiger partial charge in [0.25, 0.3) is 0 Å². The third kappa shape index (κ3) is 3.42. The van der Waals surface area contributed by atoms with Crippen molar-refractivity contribution in [2.75, 3.05) is 31.9 Å². The summed E-state index contributed by atoms with van der Waals surface area (Å²) in [4.78, 5) is 0. The van der Waals surface area contributed by atoms with E-state index in [1.807, 2.05) is 0 Å². The van der Waals surface area contributed by atoms with E-state index >= 15 is 0 Å². The number of nitrogens with zero attached hydrogens (tertiary/aromatic N) is 1. The second-order valence-electron chi connectivity index (χ2n) is 5.45. The molecule has 17 heavy (non-hydrogen) atoms. The van der Waals surface area contributed by atoms with Gasteiger partial charge in [-0.2, -0.15) is 0 Å². The standard InChI is InChI=1S/C12H24N2O2S/c1-11(12-4-6-13-7-5-12)10-14-8-2-3-9-17(14,15)16/h11-13H,2-10H2,1H3. The molecule has 100 valence electrons. The Bertz CT molecular complexity index is 336. The van der Waals surface area contributed by atoms with Crippen LogP contribution in [0, 0.1) is 11.8 Å². The Balaban J connectivity index is 1.90. The molecule has 0 saturated carbocycles. The largest absolute Gasteiger partial charge is 0.317 e. The highest BCUT2D eigenvalue weighted by Crippen LogP contribution is 2.24. The highest BCUT2D eigenvalue weighted by Gasteiger charge is 2.29. The van der Waals surface area contributed by atoms with E-state index in [9.17, 15) is 8.42 Å². The number of rotatable bonds is 3. The minimum absolute atomic E-state index is 0.353. The Morgan fingerprint density at radius 1 is 1.29 bits per heavy atom. The highest BCUT2D eigenvalue weighted by molar-refractivity contribution is 7.89. The Labute approximate surface area is 105 Å². The van der Waals surface area contributed by atoms with Crippen LogP contribution in [0.15, 0.2) is 0 Å². The van der Waals surface area contributed by atoms with E-state index in [2.05, 4.69) is 12.2 Å². The maximum Gasteiger partial charge on any atom is 0.214 e. The average molecular weight is 260 g/mol. The van der Waals surface area contributed by atoms with E-state index in [-0.39, 0.29) is 0 Å². The molecule has 0 aromatic heterocycles. The van der Waals surface area contributed by atoms with Crippen LogP contribution in [0.4, 0.5) is 0 Å². The zero-order valence-corrected chi connectivity index (χ0v) is 11.5. The van der Waals surface area contributed by atoms with Crippen LogP contribution in [-0.4, -0.2) is 44.7 Å². The van der Waals surface area contributed by atoms with Gasteiger partial charge >= 0.3 is 0 Å². The van der Waals surface area contributed by atoms with Crippen molar-refractivity contribution >= 4 is 10.0 Å². The lowest BCUT2D eigenvalue weighted by molar-refractivity contribution is 0.228. The van der Waals surface area contributed by atoms with Crippen LogP contribution in [0.2, 0.25) is 0 Å². The molecule has 0 radical (unpaired) electrons. The SMILES string of the molecule is CC(CN1CCCCS1(=O)=O)C1CCNCC1. The first-order valence-corrected chi connectivity index (χ1v) is 8.39. The monoisotopic (exact) mass is 260 g/mol. The van der Waals surface area contributed by atoms with E-state index in [4.69, 9.17) is 0 Å². The molecule has 0 amide bonds. The number of hydrogen-bond donors (Lipinski definition) is 1. The molecular weight excluding hydrogens is 236 g/mol. The molecule has 0 spiro atoms. The van der Waals surface area contributed by atoms with Crippen molar-refractivity contribution in [1.82, 2.24) is 9.62 Å². The Morgan fingerprint density at radius 2 is 2.00 bits per heavy atom. The first-order chi connectivity index (χ1) is 8.09. The first kappa shape index (κ1) is 13.3. The van der Waals surface area contributed by atoms with Crippen LogP contribution < -0.4 is 5.32 Å². The summed E-state index contributed by atoms with van der Waals surface area (Å²) in [6.07, 6.45) is 4.24. The van der Waals surface area contributed by atoms with Gasteiger partial charge in [0.1, 0.15) is 0 Å². The van der Waals surface area contributed by atoms with E-state index in [0.29, 0.717) is 17.6 Å². The predicted molar refractivity (Wildman–Crippen MR) is 69.4 cm³/mol.